The van der Waals surface area contributed by atoms with E-state index in [4.69, 9.17) is 4.74 Å². The second kappa shape index (κ2) is 8.21. The third kappa shape index (κ3) is 6.12. The lowest BCUT2D eigenvalue weighted by molar-refractivity contribution is 0.109. The van der Waals surface area contributed by atoms with E-state index in [-0.39, 0.29) is 0 Å². The minimum absolute atomic E-state index is 0.541. The molecule has 0 aliphatic carbocycles. The van der Waals surface area contributed by atoms with E-state index in [1.165, 1.54) is 0 Å². The molecule has 0 spiro atoms. The summed E-state index contributed by atoms with van der Waals surface area (Å²) in [6.07, 6.45) is 2.62. The summed E-state index contributed by atoms with van der Waals surface area (Å²) >= 11 is 0. The molecule has 104 valence electrons. The first-order valence-corrected chi connectivity index (χ1v) is 6.77. The van der Waals surface area contributed by atoms with Crippen LogP contribution in [0.4, 0.5) is 0 Å². The lowest BCUT2D eigenvalue weighted by atomic mass is 10.2. The molecule has 1 aromatic rings. The third-order valence-electron chi connectivity index (χ3n) is 2.48. The van der Waals surface area contributed by atoms with E-state index in [9.17, 15) is 0 Å². The first-order chi connectivity index (χ1) is 8.59. The van der Waals surface area contributed by atoms with Crippen molar-refractivity contribution in [3.63, 3.8) is 0 Å². The molecule has 1 rings (SSSR count). The summed E-state index contributed by atoms with van der Waals surface area (Å²) in [4.78, 5) is 4.23. The van der Waals surface area contributed by atoms with Gasteiger partial charge in [-0.1, -0.05) is 27.7 Å². The van der Waals surface area contributed by atoms with Crippen LogP contribution in [-0.4, -0.2) is 34.0 Å². The molecule has 0 saturated heterocycles. The Morgan fingerprint density at radius 1 is 1.33 bits per heavy atom. The van der Waals surface area contributed by atoms with Crippen LogP contribution >= 0.6 is 0 Å². The molecule has 0 saturated carbocycles. The van der Waals surface area contributed by atoms with Gasteiger partial charge in [-0.3, -0.25) is 0 Å². The number of ether oxygens (including phenoxy) is 1. The molecule has 0 unspecified atom stereocenters. The predicted molar refractivity (Wildman–Crippen MR) is 72.3 cm³/mol. The molecule has 1 heterocycles. The van der Waals surface area contributed by atoms with Gasteiger partial charge in [-0.15, -0.1) is 0 Å². The van der Waals surface area contributed by atoms with Crippen molar-refractivity contribution in [3.8, 4) is 0 Å². The van der Waals surface area contributed by atoms with Crippen LogP contribution in [0.15, 0.2) is 6.33 Å². The molecule has 1 aromatic heterocycles. The Hall–Kier alpha value is -0.940. The maximum atomic E-state index is 5.62. The zero-order valence-corrected chi connectivity index (χ0v) is 12.0. The van der Waals surface area contributed by atoms with Gasteiger partial charge in [0.2, 0.25) is 0 Å². The van der Waals surface area contributed by atoms with Crippen molar-refractivity contribution in [3.05, 3.63) is 12.2 Å². The molecule has 0 aliphatic rings. The highest BCUT2D eigenvalue weighted by molar-refractivity contribution is 4.81. The lowest BCUT2D eigenvalue weighted by Gasteiger charge is -2.10. The first-order valence-electron chi connectivity index (χ1n) is 6.77. The van der Waals surface area contributed by atoms with Crippen LogP contribution in [0.1, 0.15) is 39.9 Å². The summed E-state index contributed by atoms with van der Waals surface area (Å²) in [5.74, 6) is 1.49. The smallest absolute Gasteiger partial charge is 0.152 e. The van der Waals surface area contributed by atoms with Gasteiger partial charge in [0.15, 0.2) is 5.82 Å². The van der Waals surface area contributed by atoms with E-state index < -0.39 is 0 Å². The second-order valence-electron chi connectivity index (χ2n) is 5.27. The summed E-state index contributed by atoms with van der Waals surface area (Å²) < 4.78 is 7.55. The summed E-state index contributed by atoms with van der Waals surface area (Å²) in [6, 6.07) is 0.541. The van der Waals surface area contributed by atoms with E-state index in [0.29, 0.717) is 18.6 Å². The Balaban J connectivity index is 2.17. The summed E-state index contributed by atoms with van der Waals surface area (Å²) in [5.41, 5.74) is 0. The maximum absolute atomic E-state index is 5.62. The fraction of sp³-hybridized carbons (Fsp3) is 0.846. The number of nitrogens with one attached hydrogen (secondary N) is 1. The number of rotatable bonds is 9. The summed E-state index contributed by atoms with van der Waals surface area (Å²) in [5, 5.41) is 7.57. The maximum Gasteiger partial charge on any atom is 0.152 e. The zero-order chi connectivity index (χ0) is 13.4. The van der Waals surface area contributed by atoms with Crippen LogP contribution in [0.2, 0.25) is 0 Å². The van der Waals surface area contributed by atoms with Gasteiger partial charge in [-0.05, 0) is 18.9 Å². The first kappa shape index (κ1) is 15.1. The molecule has 1 N–H and O–H groups in total. The van der Waals surface area contributed by atoms with Crippen molar-refractivity contribution >= 4 is 0 Å². The van der Waals surface area contributed by atoms with Crippen LogP contribution in [-0.2, 0) is 17.9 Å². The molecule has 0 aliphatic heterocycles. The highest BCUT2D eigenvalue weighted by Crippen LogP contribution is 2.02. The number of nitrogens with zero attached hydrogens (tertiary/aromatic N) is 3. The molecule has 0 fully saturated rings. The monoisotopic (exact) mass is 254 g/mol. The van der Waals surface area contributed by atoms with Gasteiger partial charge in [0, 0.05) is 19.2 Å². The van der Waals surface area contributed by atoms with Crippen molar-refractivity contribution in [2.75, 3.05) is 13.2 Å². The van der Waals surface area contributed by atoms with E-state index in [0.717, 1.165) is 31.9 Å². The molecule has 0 bridgehead atoms. The summed E-state index contributed by atoms with van der Waals surface area (Å²) in [6.45, 7) is 11.8. The van der Waals surface area contributed by atoms with Crippen molar-refractivity contribution in [1.82, 2.24) is 20.1 Å². The normalized spacial score (nSPS) is 11.7. The van der Waals surface area contributed by atoms with Gasteiger partial charge in [0.05, 0.1) is 0 Å². The van der Waals surface area contributed by atoms with Gasteiger partial charge in [0.1, 0.15) is 12.9 Å². The van der Waals surface area contributed by atoms with Crippen LogP contribution in [0.25, 0.3) is 0 Å². The van der Waals surface area contributed by atoms with Crippen molar-refractivity contribution in [1.29, 1.82) is 0 Å². The van der Waals surface area contributed by atoms with Gasteiger partial charge in [-0.25, -0.2) is 9.67 Å². The molecule has 0 radical (unpaired) electrons. The minimum Gasteiger partial charge on any atom is -0.373 e. The SMILES string of the molecule is CC(C)Cn1ncnc1COCCCNC(C)C. The van der Waals surface area contributed by atoms with Gasteiger partial charge < -0.3 is 10.1 Å². The van der Waals surface area contributed by atoms with E-state index >= 15 is 0 Å². The Morgan fingerprint density at radius 2 is 2.11 bits per heavy atom. The molecular weight excluding hydrogens is 228 g/mol. The second-order valence-corrected chi connectivity index (χ2v) is 5.27. The Labute approximate surface area is 110 Å². The van der Waals surface area contributed by atoms with Crippen LogP contribution in [0.3, 0.4) is 0 Å². The van der Waals surface area contributed by atoms with Crippen LogP contribution in [0.5, 0.6) is 0 Å². The predicted octanol–water partition coefficient (Wildman–Crippen LogP) is 1.84. The fourth-order valence-corrected chi connectivity index (χ4v) is 1.63. The Bertz CT molecular complexity index is 323. The quantitative estimate of drug-likeness (QED) is 0.683. The molecule has 0 aromatic carbocycles. The average Bonchev–Trinajstić information content (AvgIpc) is 2.69. The van der Waals surface area contributed by atoms with Gasteiger partial charge in [0.25, 0.3) is 0 Å². The number of hydrogen-bond donors (Lipinski definition) is 1. The van der Waals surface area contributed by atoms with Crippen molar-refractivity contribution in [2.24, 2.45) is 5.92 Å². The highest BCUT2D eigenvalue weighted by atomic mass is 16.5. The molecule has 5 heteroatoms. The molecule has 18 heavy (non-hydrogen) atoms. The molecule has 5 nitrogen and oxygen atoms in total. The van der Waals surface area contributed by atoms with E-state index in [1.54, 1.807) is 6.33 Å². The van der Waals surface area contributed by atoms with Gasteiger partial charge >= 0.3 is 0 Å². The number of aromatic nitrogens is 3. The third-order valence-corrected chi connectivity index (χ3v) is 2.48. The van der Waals surface area contributed by atoms with Gasteiger partial charge in [-0.2, -0.15) is 5.10 Å². The average molecular weight is 254 g/mol. The highest BCUT2D eigenvalue weighted by Gasteiger charge is 2.05. The Morgan fingerprint density at radius 3 is 2.78 bits per heavy atom. The van der Waals surface area contributed by atoms with Crippen molar-refractivity contribution < 1.29 is 4.74 Å². The zero-order valence-electron chi connectivity index (χ0n) is 12.0. The van der Waals surface area contributed by atoms with E-state index in [1.807, 2.05) is 4.68 Å². The molecular formula is C13H26N4O. The molecule has 0 amide bonds. The lowest BCUT2D eigenvalue weighted by Crippen LogP contribution is -2.24. The Kier molecular flexibility index (Phi) is 6.90. The standard InChI is InChI=1S/C13H26N4O/c1-11(2)8-17-13(15-10-16-17)9-18-7-5-6-14-12(3)4/h10-12,14H,5-9H2,1-4H3. The van der Waals surface area contributed by atoms with Crippen molar-refractivity contribution in [2.45, 2.75) is 53.3 Å². The fourth-order valence-electron chi connectivity index (χ4n) is 1.63. The largest absolute Gasteiger partial charge is 0.373 e. The summed E-state index contributed by atoms with van der Waals surface area (Å²) in [7, 11) is 0. The van der Waals surface area contributed by atoms with Crippen LogP contribution < -0.4 is 5.32 Å². The molecule has 0 atom stereocenters. The van der Waals surface area contributed by atoms with E-state index in [2.05, 4.69) is 43.1 Å². The number of hydrogen-bond acceptors (Lipinski definition) is 4. The van der Waals surface area contributed by atoms with Crippen LogP contribution in [0, 0.1) is 5.92 Å². The topological polar surface area (TPSA) is 52.0 Å². The minimum atomic E-state index is 0.541.